The summed E-state index contributed by atoms with van der Waals surface area (Å²) in [6.45, 7) is -0.00144. The second-order valence-corrected chi connectivity index (χ2v) is 7.43. The molecule has 1 aromatic rings. The van der Waals surface area contributed by atoms with Crippen molar-refractivity contribution in [1.82, 2.24) is 4.31 Å². The summed E-state index contributed by atoms with van der Waals surface area (Å²) in [5.41, 5.74) is 0. The number of rotatable bonds is 3. The monoisotopic (exact) mass is 329 g/mol. The number of nitrogens with zero attached hydrogens (tertiary/aromatic N) is 1. The average Bonchev–Trinajstić information content (AvgIpc) is 2.98. The van der Waals surface area contributed by atoms with Gasteiger partial charge in [0.1, 0.15) is 15.1 Å². The molecule has 1 fully saturated rings. The molecule has 0 unspecified atom stereocenters. The summed E-state index contributed by atoms with van der Waals surface area (Å²) in [7, 11) is -4.20. The van der Waals surface area contributed by atoms with Crippen molar-refractivity contribution < 1.29 is 31.5 Å². The third kappa shape index (κ3) is 2.67. The molecule has 1 aliphatic heterocycles. The van der Waals surface area contributed by atoms with Crippen molar-refractivity contribution in [3.8, 4) is 0 Å². The smallest absolute Gasteiger partial charge is 0.425 e. The lowest BCUT2D eigenvalue weighted by molar-refractivity contribution is -0.140. The van der Waals surface area contributed by atoms with Gasteiger partial charge in [-0.1, -0.05) is 0 Å². The molecule has 1 atom stereocenters. The summed E-state index contributed by atoms with van der Waals surface area (Å²) in [6.07, 6.45) is -4.09. The van der Waals surface area contributed by atoms with Crippen LogP contribution in [0.5, 0.6) is 0 Å². The molecular formula is C10H10F3NO4S2. The third-order valence-electron chi connectivity index (χ3n) is 2.91. The minimum atomic E-state index is -4.62. The predicted octanol–water partition coefficient (Wildman–Crippen LogP) is 2.00. The zero-order valence-electron chi connectivity index (χ0n) is 9.92. The van der Waals surface area contributed by atoms with Gasteiger partial charge in [-0.05, 0) is 25.0 Å². The molecule has 0 spiro atoms. The van der Waals surface area contributed by atoms with E-state index in [2.05, 4.69) is 0 Å². The Morgan fingerprint density at radius 1 is 1.40 bits per heavy atom. The number of hydrogen-bond donors (Lipinski definition) is 1. The number of halogens is 3. The van der Waals surface area contributed by atoms with Crippen molar-refractivity contribution in [2.45, 2.75) is 29.3 Å². The van der Waals surface area contributed by atoms with Gasteiger partial charge in [0.25, 0.3) is 10.0 Å². The van der Waals surface area contributed by atoms with Gasteiger partial charge in [0.05, 0.1) is 0 Å². The van der Waals surface area contributed by atoms with E-state index in [0.717, 1.165) is 10.4 Å². The fourth-order valence-electron chi connectivity index (χ4n) is 2.00. The van der Waals surface area contributed by atoms with Crippen LogP contribution in [0.15, 0.2) is 16.3 Å². The highest BCUT2D eigenvalue weighted by Gasteiger charge is 2.41. The van der Waals surface area contributed by atoms with Crippen LogP contribution in [0.1, 0.15) is 17.7 Å². The van der Waals surface area contributed by atoms with Crippen molar-refractivity contribution in [1.29, 1.82) is 0 Å². The summed E-state index contributed by atoms with van der Waals surface area (Å²) >= 11 is 0.0998. The molecule has 1 N–H and O–H groups in total. The van der Waals surface area contributed by atoms with Gasteiger partial charge in [0.2, 0.25) is 0 Å². The fraction of sp³-hybridized carbons (Fsp3) is 0.500. The maximum absolute atomic E-state index is 12.5. The second kappa shape index (κ2) is 5.01. The molecule has 20 heavy (non-hydrogen) atoms. The molecule has 0 radical (unpaired) electrons. The molecule has 1 aliphatic rings. The Kier molecular flexibility index (Phi) is 3.82. The topological polar surface area (TPSA) is 74.7 Å². The molecule has 2 rings (SSSR count). The van der Waals surface area contributed by atoms with Gasteiger partial charge >= 0.3 is 12.1 Å². The molecule has 10 heteroatoms. The SMILES string of the molecule is O=C(O)[C@@H]1CCCN1S(=O)(=O)c1ccc(C(F)(F)F)s1. The first kappa shape index (κ1) is 15.3. The van der Waals surface area contributed by atoms with Crippen LogP contribution in [-0.4, -0.2) is 36.4 Å². The van der Waals surface area contributed by atoms with Gasteiger partial charge in [0, 0.05) is 6.54 Å². The summed E-state index contributed by atoms with van der Waals surface area (Å²) in [5.74, 6) is -1.29. The van der Waals surface area contributed by atoms with E-state index in [1.165, 1.54) is 0 Å². The van der Waals surface area contributed by atoms with Gasteiger partial charge in [-0.25, -0.2) is 8.42 Å². The molecule has 1 aromatic heterocycles. The zero-order valence-corrected chi connectivity index (χ0v) is 11.6. The Balaban J connectivity index is 2.36. The van der Waals surface area contributed by atoms with E-state index in [1.54, 1.807) is 0 Å². The Labute approximate surface area is 116 Å². The second-order valence-electron chi connectivity index (χ2n) is 4.23. The van der Waals surface area contributed by atoms with Crippen LogP contribution in [0.25, 0.3) is 0 Å². The van der Waals surface area contributed by atoms with E-state index in [4.69, 9.17) is 5.11 Å². The van der Waals surface area contributed by atoms with Crippen LogP contribution in [0.3, 0.4) is 0 Å². The van der Waals surface area contributed by atoms with Crippen molar-refractivity contribution in [2.24, 2.45) is 0 Å². The maximum atomic E-state index is 12.5. The van der Waals surface area contributed by atoms with E-state index in [0.29, 0.717) is 12.5 Å². The van der Waals surface area contributed by atoms with E-state index in [9.17, 15) is 26.4 Å². The van der Waals surface area contributed by atoms with Gasteiger partial charge in [-0.2, -0.15) is 17.5 Å². The number of carbonyl (C=O) groups is 1. The summed E-state index contributed by atoms with van der Waals surface area (Å²) < 4.78 is 62.1. The standard InChI is InChI=1S/C10H10F3NO4S2/c11-10(12,13)7-3-4-8(19-7)20(17,18)14-5-1-2-6(14)9(15)16/h3-4,6H,1-2,5H2,(H,15,16)/t6-/m0/s1. The number of thiophene rings is 1. The van der Waals surface area contributed by atoms with Crippen LogP contribution in [0.2, 0.25) is 0 Å². The van der Waals surface area contributed by atoms with Gasteiger partial charge < -0.3 is 5.11 Å². The van der Waals surface area contributed by atoms with E-state index in [-0.39, 0.29) is 24.3 Å². The van der Waals surface area contributed by atoms with Crippen molar-refractivity contribution in [3.05, 3.63) is 17.0 Å². The molecule has 0 aromatic carbocycles. The molecule has 0 amide bonds. The highest BCUT2D eigenvalue weighted by atomic mass is 32.2. The molecule has 5 nitrogen and oxygen atoms in total. The molecular weight excluding hydrogens is 319 g/mol. The minimum Gasteiger partial charge on any atom is -0.480 e. The van der Waals surface area contributed by atoms with E-state index >= 15 is 0 Å². The Morgan fingerprint density at radius 3 is 2.55 bits per heavy atom. The lowest BCUT2D eigenvalue weighted by Gasteiger charge is -2.19. The summed E-state index contributed by atoms with van der Waals surface area (Å²) in [5, 5.41) is 8.95. The van der Waals surface area contributed by atoms with Crippen LogP contribution >= 0.6 is 11.3 Å². The Morgan fingerprint density at radius 2 is 2.05 bits per heavy atom. The van der Waals surface area contributed by atoms with Crippen molar-refractivity contribution in [2.75, 3.05) is 6.54 Å². The quantitative estimate of drug-likeness (QED) is 0.920. The maximum Gasteiger partial charge on any atom is 0.425 e. The molecule has 0 aliphatic carbocycles. The molecule has 112 valence electrons. The first-order valence-corrected chi connectivity index (χ1v) is 7.81. The highest BCUT2D eigenvalue weighted by Crippen LogP contribution is 2.38. The highest BCUT2D eigenvalue weighted by molar-refractivity contribution is 7.91. The van der Waals surface area contributed by atoms with E-state index in [1.807, 2.05) is 0 Å². The largest absolute Gasteiger partial charge is 0.480 e. The number of carboxylic acid groups (broad SMARTS) is 1. The number of sulfonamides is 1. The summed E-state index contributed by atoms with van der Waals surface area (Å²) in [6, 6.07) is 0.333. The van der Waals surface area contributed by atoms with Crippen LogP contribution in [0.4, 0.5) is 13.2 Å². The van der Waals surface area contributed by atoms with Gasteiger partial charge in [-0.15, -0.1) is 11.3 Å². The van der Waals surface area contributed by atoms with Crippen molar-refractivity contribution >= 4 is 27.3 Å². The number of aliphatic carboxylic acids is 1. The van der Waals surface area contributed by atoms with Gasteiger partial charge in [-0.3, -0.25) is 4.79 Å². The number of carboxylic acids is 1. The third-order valence-corrected chi connectivity index (χ3v) is 6.42. The predicted molar refractivity (Wildman–Crippen MR) is 63.9 cm³/mol. The normalized spacial score (nSPS) is 21.2. The zero-order chi connectivity index (χ0) is 15.1. The van der Waals surface area contributed by atoms with Crippen LogP contribution < -0.4 is 0 Å². The number of hydrogen-bond acceptors (Lipinski definition) is 4. The van der Waals surface area contributed by atoms with Crippen LogP contribution in [0, 0.1) is 0 Å². The lowest BCUT2D eigenvalue weighted by Crippen LogP contribution is -2.40. The first-order valence-electron chi connectivity index (χ1n) is 5.55. The lowest BCUT2D eigenvalue weighted by atomic mass is 10.2. The average molecular weight is 329 g/mol. The van der Waals surface area contributed by atoms with Crippen molar-refractivity contribution in [3.63, 3.8) is 0 Å². The molecule has 1 saturated heterocycles. The van der Waals surface area contributed by atoms with Gasteiger partial charge in [0.15, 0.2) is 0 Å². The molecule has 0 saturated carbocycles. The first-order chi connectivity index (χ1) is 9.14. The Bertz CT molecular complexity index is 623. The molecule has 0 bridgehead atoms. The molecule has 2 heterocycles. The number of alkyl halides is 3. The summed E-state index contributed by atoms with van der Waals surface area (Å²) in [4.78, 5) is 9.95. The fourth-order valence-corrected chi connectivity index (χ4v) is 4.95. The van der Waals surface area contributed by atoms with Crippen LogP contribution in [-0.2, 0) is 21.0 Å². The van der Waals surface area contributed by atoms with E-state index < -0.39 is 37.3 Å². The minimum absolute atomic E-state index is 0.00144. The Hall–Kier alpha value is -1.13.